The molecule has 0 bridgehead atoms. The molecule has 1 aromatic heterocycles. The molecule has 0 fully saturated rings. The van der Waals surface area contributed by atoms with Gasteiger partial charge >= 0.3 is 11.9 Å². The molecule has 0 saturated heterocycles. The lowest BCUT2D eigenvalue weighted by Gasteiger charge is -2.06. The van der Waals surface area contributed by atoms with E-state index in [9.17, 15) is 18.0 Å². The summed E-state index contributed by atoms with van der Waals surface area (Å²) in [6, 6.07) is 0.886. The van der Waals surface area contributed by atoms with Crippen molar-refractivity contribution in [1.82, 2.24) is 9.97 Å². The molecule has 1 rings (SSSR count). The maximum atomic E-state index is 12.3. The lowest BCUT2D eigenvalue weighted by atomic mass is 10.2. The normalized spacial score (nSPS) is 11.7. The number of aryl methyl sites for hydroxylation is 1. The van der Waals surface area contributed by atoms with Gasteiger partial charge in [0.2, 0.25) is 0 Å². The fourth-order valence-corrected chi connectivity index (χ4v) is 1.16. The van der Waals surface area contributed by atoms with Crippen LogP contribution in [0.3, 0.4) is 0 Å². The number of nitrogens with zero attached hydrogens (tertiary/aromatic N) is 1. The van der Waals surface area contributed by atoms with Crippen LogP contribution in [0.15, 0.2) is 10.9 Å². The molecule has 84 valence electrons. The SMILES string of the molecule is CCCCc1cc(C(F)(F)F)nc(=O)[nH]1. The van der Waals surface area contributed by atoms with Gasteiger partial charge in [-0.2, -0.15) is 18.2 Å². The van der Waals surface area contributed by atoms with E-state index in [0.717, 1.165) is 18.9 Å². The maximum Gasteiger partial charge on any atom is 0.433 e. The summed E-state index contributed by atoms with van der Waals surface area (Å²) in [7, 11) is 0. The minimum absolute atomic E-state index is 0.282. The van der Waals surface area contributed by atoms with Crippen LogP contribution in [0.4, 0.5) is 13.2 Å². The summed E-state index contributed by atoms with van der Waals surface area (Å²) in [6.45, 7) is 1.92. The number of hydrogen-bond donors (Lipinski definition) is 1. The molecule has 3 nitrogen and oxygen atoms in total. The molecular weight excluding hydrogens is 209 g/mol. The van der Waals surface area contributed by atoms with Crippen LogP contribution in [-0.2, 0) is 12.6 Å². The number of unbranched alkanes of at least 4 members (excludes halogenated alkanes) is 1. The second-order valence-electron chi connectivity index (χ2n) is 3.20. The van der Waals surface area contributed by atoms with Crippen LogP contribution in [0.25, 0.3) is 0 Å². The zero-order valence-corrected chi connectivity index (χ0v) is 8.19. The average molecular weight is 220 g/mol. The van der Waals surface area contributed by atoms with E-state index in [1.165, 1.54) is 0 Å². The number of rotatable bonds is 3. The van der Waals surface area contributed by atoms with Crippen LogP contribution in [-0.4, -0.2) is 9.97 Å². The summed E-state index contributed by atoms with van der Waals surface area (Å²) in [6.07, 6.45) is -2.55. The first kappa shape index (κ1) is 11.7. The molecule has 0 aliphatic heterocycles. The molecule has 15 heavy (non-hydrogen) atoms. The molecule has 0 aliphatic carbocycles. The van der Waals surface area contributed by atoms with Crippen LogP contribution >= 0.6 is 0 Å². The lowest BCUT2D eigenvalue weighted by molar-refractivity contribution is -0.141. The third kappa shape index (κ3) is 3.38. The van der Waals surface area contributed by atoms with Crippen molar-refractivity contribution in [2.45, 2.75) is 32.4 Å². The Kier molecular flexibility index (Phi) is 3.49. The van der Waals surface area contributed by atoms with Gasteiger partial charge in [-0.05, 0) is 18.9 Å². The number of aromatic amines is 1. The number of hydrogen-bond acceptors (Lipinski definition) is 2. The summed E-state index contributed by atoms with van der Waals surface area (Å²) in [5.41, 5.74) is -1.79. The number of nitrogens with one attached hydrogen (secondary N) is 1. The van der Waals surface area contributed by atoms with E-state index < -0.39 is 17.6 Å². The van der Waals surface area contributed by atoms with E-state index in [0.29, 0.717) is 6.42 Å². The van der Waals surface area contributed by atoms with Crippen molar-refractivity contribution in [3.05, 3.63) is 27.9 Å². The predicted molar refractivity (Wildman–Crippen MR) is 48.5 cm³/mol. The summed E-state index contributed by atoms with van der Waals surface area (Å²) in [5, 5.41) is 0. The summed E-state index contributed by atoms with van der Waals surface area (Å²) in [5.74, 6) is 0. The first-order valence-electron chi connectivity index (χ1n) is 4.61. The van der Waals surface area contributed by atoms with Gasteiger partial charge < -0.3 is 4.98 Å². The van der Waals surface area contributed by atoms with E-state index in [1.807, 2.05) is 6.92 Å². The van der Waals surface area contributed by atoms with Gasteiger partial charge in [-0.25, -0.2) is 4.79 Å². The van der Waals surface area contributed by atoms with Crippen molar-refractivity contribution in [1.29, 1.82) is 0 Å². The van der Waals surface area contributed by atoms with Gasteiger partial charge in [0.1, 0.15) is 0 Å². The highest BCUT2D eigenvalue weighted by Crippen LogP contribution is 2.26. The highest BCUT2D eigenvalue weighted by Gasteiger charge is 2.33. The van der Waals surface area contributed by atoms with E-state index in [1.54, 1.807) is 0 Å². The topological polar surface area (TPSA) is 45.8 Å². The molecule has 6 heteroatoms. The maximum absolute atomic E-state index is 12.3. The van der Waals surface area contributed by atoms with Crippen LogP contribution in [0, 0.1) is 0 Å². The largest absolute Gasteiger partial charge is 0.433 e. The van der Waals surface area contributed by atoms with Crippen LogP contribution in [0.5, 0.6) is 0 Å². The molecular formula is C9H11F3N2O. The van der Waals surface area contributed by atoms with Crippen molar-refractivity contribution in [3.63, 3.8) is 0 Å². The molecule has 0 spiro atoms. The Hall–Kier alpha value is -1.33. The Morgan fingerprint density at radius 3 is 2.67 bits per heavy atom. The summed E-state index contributed by atoms with van der Waals surface area (Å²) in [4.78, 5) is 16.0. The smallest absolute Gasteiger partial charge is 0.310 e. The van der Waals surface area contributed by atoms with Crippen molar-refractivity contribution in [2.24, 2.45) is 0 Å². The third-order valence-corrected chi connectivity index (χ3v) is 1.89. The standard InChI is InChI=1S/C9H11F3N2O/c1-2-3-4-6-5-7(9(10,11)12)14-8(15)13-6/h5H,2-4H2,1H3,(H,13,14,15). The van der Waals surface area contributed by atoms with Crippen LogP contribution in [0.2, 0.25) is 0 Å². The Morgan fingerprint density at radius 1 is 1.47 bits per heavy atom. The molecule has 0 amide bonds. The number of aromatic nitrogens is 2. The summed E-state index contributed by atoms with van der Waals surface area (Å²) < 4.78 is 36.8. The number of H-pyrrole nitrogens is 1. The average Bonchev–Trinajstić information content (AvgIpc) is 2.12. The fourth-order valence-electron chi connectivity index (χ4n) is 1.16. The Morgan fingerprint density at radius 2 is 2.13 bits per heavy atom. The van der Waals surface area contributed by atoms with Gasteiger partial charge in [0, 0.05) is 5.69 Å². The van der Waals surface area contributed by atoms with Gasteiger partial charge in [0.25, 0.3) is 0 Å². The predicted octanol–water partition coefficient (Wildman–Crippen LogP) is 2.13. The lowest BCUT2D eigenvalue weighted by Crippen LogP contribution is -2.20. The number of halogens is 3. The number of alkyl halides is 3. The van der Waals surface area contributed by atoms with Gasteiger partial charge in [-0.15, -0.1) is 0 Å². The molecule has 1 aromatic rings. The molecule has 1 N–H and O–H groups in total. The van der Waals surface area contributed by atoms with Gasteiger partial charge in [0.15, 0.2) is 5.69 Å². The van der Waals surface area contributed by atoms with Crippen molar-refractivity contribution in [2.75, 3.05) is 0 Å². The third-order valence-electron chi connectivity index (χ3n) is 1.89. The van der Waals surface area contributed by atoms with E-state index in [2.05, 4.69) is 9.97 Å². The minimum Gasteiger partial charge on any atom is -0.310 e. The zero-order chi connectivity index (χ0) is 11.5. The minimum atomic E-state index is -4.56. The van der Waals surface area contributed by atoms with Crippen molar-refractivity contribution < 1.29 is 13.2 Å². The molecule has 0 atom stereocenters. The fraction of sp³-hybridized carbons (Fsp3) is 0.556. The molecule has 1 heterocycles. The highest BCUT2D eigenvalue weighted by molar-refractivity contribution is 5.11. The van der Waals surface area contributed by atoms with E-state index in [-0.39, 0.29) is 5.69 Å². The van der Waals surface area contributed by atoms with Gasteiger partial charge in [-0.1, -0.05) is 13.3 Å². The van der Waals surface area contributed by atoms with Gasteiger partial charge in [-0.3, -0.25) is 0 Å². The molecule has 0 aliphatic rings. The Balaban J connectivity index is 3.01. The molecule has 0 aromatic carbocycles. The van der Waals surface area contributed by atoms with Crippen molar-refractivity contribution in [3.8, 4) is 0 Å². The second kappa shape index (κ2) is 4.46. The monoisotopic (exact) mass is 220 g/mol. The van der Waals surface area contributed by atoms with E-state index in [4.69, 9.17) is 0 Å². The molecule has 0 radical (unpaired) electrons. The highest BCUT2D eigenvalue weighted by atomic mass is 19.4. The quantitative estimate of drug-likeness (QED) is 0.848. The molecule has 0 unspecified atom stereocenters. The first-order chi connectivity index (χ1) is 6.93. The van der Waals surface area contributed by atoms with Gasteiger partial charge in [0.05, 0.1) is 0 Å². The van der Waals surface area contributed by atoms with E-state index >= 15 is 0 Å². The first-order valence-corrected chi connectivity index (χ1v) is 4.61. The van der Waals surface area contributed by atoms with Crippen LogP contribution in [0.1, 0.15) is 31.2 Å². The van der Waals surface area contributed by atoms with Crippen LogP contribution < -0.4 is 5.69 Å². The zero-order valence-electron chi connectivity index (χ0n) is 8.19. The summed E-state index contributed by atoms with van der Waals surface area (Å²) >= 11 is 0. The molecule has 0 saturated carbocycles. The van der Waals surface area contributed by atoms with Crippen molar-refractivity contribution >= 4 is 0 Å². The Labute approximate surface area is 84.4 Å². The second-order valence-corrected chi connectivity index (χ2v) is 3.20. The Bertz CT molecular complexity index is 384.